The van der Waals surface area contributed by atoms with Gasteiger partial charge in [0.1, 0.15) is 11.6 Å². The standard InChI is InChI=1S/C16H15Br2F2N/c1-2-21-15(16-12(18)4-3-5-13(16)19)8-10-6-7-11(17)9-14(10)20/h3-7,9,15,21H,2,8H2,1H3. The summed E-state index contributed by atoms with van der Waals surface area (Å²) in [6.07, 6.45) is 0.381. The maximum atomic E-state index is 14.1. The summed E-state index contributed by atoms with van der Waals surface area (Å²) in [4.78, 5) is 0. The molecule has 0 aromatic heterocycles. The summed E-state index contributed by atoms with van der Waals surface area (Å²) in [7, 11) is 0. The molecule has 0 saturated heterocycles. The molecule has 1 nitrogen and oxygen atoms in total. The lowest BCUT2D eigenvalue weighted by atomic mass is 9.98. The van der Waals surface area contributed by atoms with Crippen LogP contribution in [-0.2, 0) is 6.42 Å². The third kappa shape index (κ3) is 4.11. The van der Waals surface area contributed by atoms with Crippen LogP contribution in [0.15, 0.2) is 45.3 Å². The molecule has 0 bridgehead atoms. The van der Waals surface area contributed by atoms with Crippen molar-refractivity contribution in [3.05, 3.63) is 68.1 Å². The fraction of sp³-hybridized carbons (Fsp3) is 0.250. The van der Waals surface area contributed by atoms with Gasteiger partial charge in [-0.25, -0.2) is 8.78 Å². The van der Waals surface area contributed by atoms with E-state index in [1.807, 2.05) is 6.92 Å². The smallest absolute Gasteiger partial charge is 0.129 e. The second-order valence-corrected chi connectivity index (χ2v) is 6.46. The number of nitrogens with one attached hydrogen (secondary N) is 1. The average molecular weight is 419 g/mol. The highest BCUT2D eigenvalue weighted by molar-refractivity contribution is 9.10. The van der Waals surface area contributed by atoms with Crippen molar-refractivity contribution in [2.45, 2.75) is 19.4 Å². The van der Waals surface area contributed by atoms with Crippen LogP contribution in [0, 0.1) is 11.6 Å². The van der Waals surface area contributed by atoms with Crippen molar-refractivity contribution >= 4 is 31.9 Å². The van der Waals surface area contributed by atoms with Gasteiger partial charge >= 0.3 is 0 Å². The van der Waals surface area contributed by atoms with Crippen molar-refractivity contribution in [3.8, 4) is 0 Å². The van der Waals surface area contributed by atoms with Crippen LogP contribution >= 0.6 is 31.9 Å². The normalized spacial score (nSPS) is 12.4. The van der Waals surface area contributed by atoms with Gasteiger partial charge in [-0.1, -0.05) is 50.9 Å². The summed E-state index contributed by atoms with van der Waals surface area (Å²) in [6, 6.07) is 9.50. The van der Waals surface area contributed by atoms with E-state index < -0.39 is 0 Å². The van der Waals surface area contributed by atoms with Crippen LogP contribution in [0.2, 0.25) is 0 Å². The Morgan fingerprint density at radius 2 is 1.86 bits per heavy atom. The van der Waals surface area contributed by atoms with Gasteiger partial charge in [0.2, 0.25) is 0 Å². The van der Waals surface area contributed by atoms with Crippen LogP contribution in [0.3, 0.4) is 0 Å². The molecule has 5 heteroatoms. The Hall–Kier alpha value is -0.780. The van der Waals surface area contributed by atoms with Crippen molar-refractivity contribution < 1.29 is 8.78 Å². The Morgan fingerprint density at radius 3 is 2.48 bits per heavy atom. The molecule has 0 heterocycles. The van der Waals surface area contributed by atoms with E-state index in [1.165, 1.54) is 12.1 Å². The number of halogens is 4. The Labute approximate surface area is 140 Å². The van der Waals surface area contributed by atoms with E-state index in [2.05, 4.69) is 37.2 Å². The first kappa shape index (κ1) is 16.6. The molecular weight excluding hydrogens is 404 g/mol. The van der Waals surface area contributed by atoms with Gasteiger partial charge in [-0.05, 0) is 42.8 Å². The van der Waals surface area contributed by atoms with Crippen molar-refractivity contribution in [1.29, 1.82) is 0 Å². The van der Waals surface area contributed by atoms with Crippen LogP contribution in [-0.4, -0.2) is 6.54 Å². The third-order valence-electron chi connectivity index (χ3n) is 3.24. The number of hydrogen-bond acceptors (Lipinski definition) is 1. The summed E-state index contributed by atoms with van der Waals surface area (Å²) in [5.74, 6) is -0.590. The van der Waals surface area contributed by atoms with Crippen molar-refractivity contribution in [1.82, 2.24) is 5.32 Å². The molecule has 2 aromatic carbocycles. The van der Waals surface area contributed by atoms with E-state index in [9.17, 15) is 8.78 Å². The maximum Gasteiger partial charge on any atom is 0.129 e. The molecule has 0 spiro atoms. The topological polar surface area (TPSA) is 12.0 Å². The van der Waals surface area contributed by atoms with Crippen LogP contribution in [0.25, 0.3) is 0 Å². The summed E-state index contributed by atoms with van der Waals surface area (Å²) >= 11 is 6.62. The van der Waals surface area contributed by atoms with Gasteiger partial charge < -0.3 is 5.32 Å². The van der Waals surface area contributed by atoms with E-state index in [4.69, 9.17) is 0 Å². The van der Waals surface area contributed by atoms with Gasteiger partial charge in [0, 0.05) is 20.6 Å². The number of likely N-dealkylation sites (N-methyl/N-ethyl adjacent to an activating group) is 1. The van der Waals surface area contributed by atoms with Gasteiger partial charge in [0.25, 0.3) is 0 Å². The first-order valence-corrected chi connectivity index (χ1v) is 8.22. The molecule has 0 amide bonds. The molecule has 0 aliphatic heterocycles. The summed E-state index contributed by atoms with van der Waals surface area (Å²) < 4.78 is 29.5. The summed E-state index contributed by atoms with van der Waals surface area (Å²) in [5.41, 5.74) is 1.08. The zero-order valence-electron chi connectivity index (χ0n) is 11.5. The van der Waals surface area contributed by atoms with Crippen LogP contribution in [0.4, 0.5) is 8.78 Å². The second kappa shape index (κ2) is 7.47. The van der Waals surface area contributed by atoms with Crippen LogP contribution < -0.4 is 5.32 Å². The van der Waals surface area contributed by atoms with Gasteiger partial charge in [0.15, 0.2) is 0 Å². The van der Waals surface area contributed by atoms with E-state index in [0.717, 1.165) is 0 Å². The molecule has 0 radical (unpaired) electrons. The van der Waals surface area contributed by atoms with Crippen molar-refractivity contribution in [2.24, 2.45) is 0 Å². The first-order valence-electron chi connectivity index (χ1n) is 6.64. The first-order chi connectivity index (χ1) is 10.0. The molecule has 1 unspecified atom stereocenters. The molecule has 21 heavy (non-hydrogen) atoms. The number of benzene rings is 2. The Kier molecular flexibility index (Phi) is 5.90. The average Bonchev–Trinajstić information content (AvgIpc) is 2.41. The lowest BCUT2D eigenvalue weighted by Gasteiger charge is -2.21. The predicted molar refractivity (Wildman–Crippen MR) is 88.3 cm³/mol. The summed E-state index contributed by atoms with van der Waals surface area (Å²) in [6.45, 7) is 2.61. The fourth-order valence-corrected chi connectivity index (χ4v) is 3.22. The Morgan fingerprint density at radius 1 is 1.10 bits per heavy atom. The minimum atomic E-state index is -0.298. The highest BCUT2D eigenvalue weighted by atomic mass is 79.9. The second-order valence-electron chi connectivity index (χ2n) is 4.69. The molecule has 112 valence electrons. The SMILES string of the molecule is CCNC(Cc1ccc(Br)cc1F)c1c(F)cccc1Br. The zero-order valence-corrected chi connectivity index (χ0v) is 14.6. The van der Waals surface area contributed by atoms with Gasteiger partial charge in [-0.2, -0.15) is 0 Å². The molecule has 0 aliphatic rings. The maximum absolute atomic E-state index is 14.1. The van der Waals surface area contributed by atoms with E-state index in [0.29, 0.717) is 33.0 Å². The molecule has 0 fully saturated rings. The zero-order chi connectivity index (χ0) is 15.4. The van der Waals surface area contributed by atoms with E-state index >= 15 is 0 Å². The molecule has 0 saturated carbocycles. The van der Waals surface area contributed by atoms with Gasteiger partial charge in [-0.15, -0.1) is 0 Å². The fourth-order valence-electron chi connectivity index (χ4n) is 2.27. The van der Waals surface area contributed by atoms with Gasteiger partial charge in [-0.3, -0.25) is 0 Å². The molecule has 0 aliphatic carbocycles. The van der Waals surface area contributed by atoms with E-state index in [-0.39, 0.29) is 17.7 Å². The number of rotatable bonds is 5. The van der Waals surface area contributed by atoms with Crippen LogP contribution in [0.5, 0.6) is 0 Å². The Balaban J connectivity index is 2.35. The largest absolute Gasteiger partial charge is 0.310 e. The molecule has 1 N–H and O–H groups in total. The third-order valence-corrected chi connectivity index (χ3v) is 4.42. The lowest BCUT2D eigenvalue weighted by molar-refractivity contribution is 0.496. The highest BCUT2D eigenvalue weighted by Crippen LogP contribution is 2.29. The van der Waals surface area contributed by atoms with Crippen molar-refractivity contribution in [2.75, 3.05) is 6.54 Å². The minimum Gasteiger partial charge on any atom is -0.310 e. The number of hydrogen-bond donors (Lipinski definition) is 1. The molecule has 2 rings (SSSR count). The summed E-state index contributed by atoms with van der Waals surface area (Å²) in [5, 5.41) is 3.22. The van der Waals surface area contributed by atoms with E-state index in [1.54, 1.807) is 24.3 Å². The van der Waals surface area contributed by atoms with Gasteiger partial charge in [0.05, 0.1) is 0 Å². The minimum absolute atomic E-state index is 0.291. The van der Waals surface area contributed by atoms with Crippen LogP contribution in [0.1, 0.15) is 24.1 Å². The molecule has 2 aromatic rings. The monoisotopic (exact) mass is 417 g/mol. The Bertz CT molecular complexity index is 611. The quantitative estimate of drug-likeness (QED) is 0.686. The lowest BCUT2D eigenvalue weighted by Crippen LogP contribution is -2.24. The van der Waals surface area contributed by atoms with Crippen molar-refractivity contribution in [3.63, 3.8) is 0 Å². The molecule has 1 atom stereocenters. The molecular formula is C16H15Br2F2N. The highest BCUT2D eigenvalue weighted by Gasteiger charge is 2.19. The predicted octanol–water partition coefficient (Wildman–Crippen LogP) is 5.38.